The van der Waals surface area contributed by atoms with E-state index in [1.807, 2.05) is 12.1 Å². The summed E-state index contributed by atoms with van der Waals surface area (Å²) in [5.41, 5.74) is 13.5. The van der Waals surface area contributed by atoms with Crippen molar-refractivity contribution < 1.29 is 0 Å². The molecule has 0 spiro atoms. The summed E-state index contributed by atoms with van der Waals surface area (Å²) in [5.74, 6) is 2.39. The molecule has 1 heterocycles. The van der Waals surface area contributed by atoms with Gasteiger partial charge in [-0.15, -0.1) is 0 Å². The standard InChI is InChI=1S/C22H19N3.S10/c23-21-15-4-2-1-3-12(15)7-8-16(21)22-24-19-10-17-13-5-6-14(9-13)18(17)11-20(19)25-22;1-3-5-7-9-10-8-6-4-2/h1-4,7-8,10-11,13-14H,5-6,9,23H2,(H,24,25);. The number of fused-ring (bicyclic) bond motifs is 7. The Bertz CT molecular complexity index is 1710. The van der Waals surface area contributed by atoms with Crippen LogP contribution < -0.4 is 5.73 Å². The van der Waals surface area contributed by atoms with Gasteiger partial charge in [-0.05, 0) is 65.8 Å². The van der Waals surface area contributed by atoms with E-state index in [-0.39, 0.29) is 0 Å². The third-order valence-electron chi connectivity index (χ3n) is 6.42. The average molecular weight is 646 g/mol. The Morgan fingerprint density at radius 2 is 1.49 bits per heavy atom. The van der Waals surface area contributed by atoms with Gasteiger partial charge in [0.1, 0.15) is 5.82 Å². The average Bonchev–Trinajstić information content (AvgIpc) is 3.60. The first-order chi connectivity index (χ1) is 17.2. The molecule has 2 bridgehead atoms. The topological polar surface area (TPSA) is 54.7 Å². The van der Waals surface area contributed by atoms with Crippen LogP contribution in [0.25, 0.3) is 33.2 Å². The molecule has 3 aromatic carbocycles. The molecule has 1 saturated carbocycles. The van der Waals surface area contributed by atoms with Crippen molar-refractivity contribution in [1.29, 1.82) is 0 Å². The molecule has 2 aliphatic carbocycles. The molecule has 2 aliphatic rings. The maximum Gasteiger partial charge on any atom is 0.140 e. The van der Waals surface area contributed by atoms with Gasteiger partial charge in [0.05, 0.1) is 16.7 Å². The lowest BCUT2D eigenvalue weighted by atomic mass is 9.91. The van der Waals surface area contributed by atoms with Crippen LogP contribution in [0.5, 0.6) is 0 Å². The fraction of sp³-hybridized carbons (Fsp3) is 0.227. The lowest BCUT2D eigenvalue weighted by Crippen LogP contribution is -1.97. The van der Waals surface area contributed by atoms with Crippen LogP contribution in [0.4, 0.5) is 5.69 Å². The number of nitrogens with zero attached hydrogens (tertiary/aromatic N) is 1. The first-order valence-electron chi connectivity index (χ1n) is 10.6. The Labute approximate surface area is 236 Å². The molecule has 0 aliphatic heterocycles. The first kappa shape index (κ1) is 26.0. The Morgan fingerprint density at radius 3 is 2.20 bits per heavy atom. The minimum atomic E-state index is 0.760. The van der Waals surface area contributed by atoms with E-state index in [1.54, 1.807) is 58.8 Å². The Hall–Kier alpha value is -0.610. The van der Waals surface area contributed by atoms with E-state index in [1.165, 1.54) is 42.6 Å². The zero-order chi connectivity index (χ0) is 24.2. The van der Waals surface area contributed by atoms with Gasteiger partial charge in [0.15, 0.2) is 0 Å². The van der Waals surface area contributed by atoms with Crippen molar-refractivity contribution in [3.8, 4) is 11.4 Å². The smallest absolute Gasteiger partial charge is 0.140 e. The van der Waals surface area contributed by atoms with Crippen LogP contribution in [0.3, 0.4) is 0 Å². The Balaban J connectivity index is 0.000000218. The first-order valence-corrected chi connectivity index (χ1v) is 22.6. The molecule has 0 saturated heterocycles. The monoisotopic (exact) mass is 645 g/mol. The molecule has 35 heavy (non-hydrogen) atoms. The number of nitrogens with one attached hydrogen (secondary N) is 1. The number of hydrogen-bond donors (Lipinski definition) is 2. The van der Waals surface area contributed by atoms with E-state index in [4.69, 9.17) is 10.7 Å². The minimum absolute atomic E-state index is 0.760. The number of hydrogen-bond acceptors (Lipinski definition) is 4. The van der Waals surface area contributed by atoms with Gasteiger partial charge in [-0.2, -0.15) is 0 Å². The van der Waals surface area contributed by atoms with E-state index < -0.39 is 0 Å². The number of aromatic amines is 1. The van der Waals surface area contributed by atoms with Gasteiger partial charge in [-0.25, -0.2) is 4.98 Å². The van der Waals surface area contributed by atoms with Crippen LogP contribution in [0.15, 0.2) is 48.5 Å². The normalized spacial score (nSPS) is 17.1. The van der Waals surface area contributed by atoms with Gasteiger partial charge in [0.25, 0.3) is 0 Å². The number of benzene rings is 3. The van der Waals surface area contributed by atoms with Crippen molar-refractivity contribution in [2.75, 3.05) is 5.73 Å². The van der Waals surface area contributed by atoms with E-state index in [9.17, 15) is 0 Å². The molecular weight excluding hydrogens is 627 g/mol. The maximum atomic E-state index is 6.46. The highest BCUT2D eigenvalue weighted by Crippen LogP contribution is 2.53. The van der Waals surface area contributed by atoms with E-state index in [0.717, 1.165) is 50.7 Å². The summed E-state index contributed by atoms with van der Waals surface area (Å²) in [6.45, 7) is 0. The number of rotatable bonds is 1. The molecule has 3 nitrogen and oxygen atoms in total. The largest absolute Gasteiger partial charge is 0.398 e. The predicted molar refractivity (Wildman–Crippen MR) is 176 cm³/mol. The van der Waals surface area contributed by atoms with Gasteiger partial charge < -0.3 is 10.7 Å². The van der Waals surface area contributed by atoms with Crippen LogP contribution >= 0.6 is 0 Å². The highest BCUT2D eigenvalue weighted by Gasteiger charge is 2.37. The highest BCUT2D eigenvalue weighted by atomic mass is 33.4. The van der Waals surface area contributed by atoms with Gasteiger partial charge >= 0.3 is 0 Å². The molecule has 4 aromatic rings. The third kappa shape index (κ3) is 5.79. The molecule has 3 N–H and O–H groups in total. The molecule has 13 heteroatoms. The van der Waals surface area contributed by atoms with Crippen molar-refractivity contribution in [3.05, 3.63) is 59.7 Å². The number of nitrogen functional groups attached to an aromatic ring is 1. The molecule has 2 unspecified atom stereocenters. The van der Waals surface area contributed by atoms with Crippen molar-refractivity contribution in [3.63, 3.8) is 0 Å². The van der Waals surface area contributed by atoms with Gasteiger partial charge in [0, 0.05) is 104 Å². The molecule has 0 radical (unpaired) electrons. The van der Waals surface area contributed by atoms with Crippen LogP contribution in [0, 0.1) is 0 Å². The number of anilines is 1. The van der Waals surface area contributed by atoms with Gasteiger partial charge in [-0.1, -0.05) is 30.3 Å². The lowest BCUT2D eigenvalue weighted by Gasteiger charge is -2.14. The molecule has 182 valence electrons. The van der Waals surface area contributed by atoms with E-state index in [0.29, 0.717) is 0 Å². The summed E-state index contributed by atoms with van der Waals surface area (Å²) in [5, 5.41) is 2.25. The minimum Gasteiger partial charge on any atom is -0.398 e. The van der Waals surface area contributed by atoms with Crippen molar-refractivity contribution >= 4 is 121 Å². The molecular formula is C22H19N3S10. The van der Waals surface area contributed by atoms with Gasteiger partial charge in [0.2, 0.25) is 0 Å². The van der Waals surface area contributed by atoms with E-state index >= 15 is 0 Å². The van der Waals surface area contributed by atoms with Gasteiger partial charge in [-0.3, -0.25) is 0 Å². The summed E-state index contributed by atoms with van der Waals surface area (Å²) in [7, 11) is 12.7. The molecule has 1 aromatic heterocycles. The van der Waals surface area contributed by atoms with Crippen LogP contribution in [-0.2, 0) is 93.4 Å². The second-order valence-corrected chi connectivity index (χ2v) is 22.2. The summed E-state index contributed by atoms with van der Waals surface area (Å²) < 4.78 is 0. The number of imidazole rings is 1. The number of H-pyrrole nitrogens is 1. The quantitative estimate of drug-likeness (QED) is 0.276. The SMILES string of the molecule is Nc1c(-c2nc3cc4c(cc3[nH]2)C2CCC4C2)ccc2ccccc12.S=S=S=S=S=S=S=S=S=S. The summed E-state index contributed by atoms with van der Waals surface area (Å²) in [6, 6.07) is 17.1. The number of aromatic nitrogens is 2. The highest BCUT2D eigenvalue weighted by molar-refractivity contribution is 8.73. The molecule has 0 amide bonds. The summed E-state index contributed by atoms with van der Waals surface area (Å²) in [4.78, 5) is 8.39. The van der Waals surface area contributed by atoms with E-state index in [2.05, 4.69) is 63.8 Å². The zero-order valence-corrected chi connectivity index (χ0v) is 26.2. The number of nitrogens with two attached hydrogens (primary N) is 1. The maximum absolute atomic E-state index is 6.46. The second-order valence-electron chi connectivity index (χ2n) is 8.08. The second kappa shape index (κ2) is 12.3. The van der Waals surface area contributed by atoms with Crippen molar-refractivity contribution in [2.24, 2.45) is 0 Å². The van der Waals surface area contributed by atoms with Crippen molar-refractivity contribution in [1.82, 2.24) is 9.97 Å². The fourth-order valence-electron chi connectivity index (χ4n) is 5.04. The lowest BCUT2D eigenvalue weighted by molar-refractivity contribution is 0.719. The summed E-state index contributed by atoms with van der Waals surface area (Å²) in [6.07, 6.45) is 4.03. The van der Waals surface area contributed by atoms with Crippen LogP contribution in [0.2, 0.25) is 0 Å². The summed E-state index contributed by atoms with van der Waals surface area (Å²) >= 11 is 9.31. The van der Waals surface area contributed by atoms with Crippen LogP contribution in [0.1, 0.15) is 42.2 Å². The molecule has 1 fully saturated rings. The van der Waals surface area contributed by atoms with Crippen LogP contribution in [-0.4, -0.2) is 9.97 Å². The molecule has 2 atom stereocenters. The fourth-order valence-corrected chi connectivity index (χ4v) is 21.5. The Kier molecular flexibility index (Phi) is 9.13. The molecule has 6 rings (SSSR count). The Morgan fingerprint density at radius 1 is 0.829 bits per heavy atom. The van der Waals surface area contributed by atoms with Crippen molar-refractivity contribution in [2.45, 2.75) is 31.1 Å². The zero-order valence-electron chi connectivity index (χ0n) is 18.0. The third-order valence-corrected chi connectivity index (χ3v) is 22.0. The predicted octanol–water partition coefficient (Wildman–Crippen LogP) is 5.31.